The predicted molar refractivity (Wildman–Crippen MR) is 60.4 cm³/mol. The number of nitrogens with two attached hydrogens (primary N) is 1. The van der Waals surface area contributed by atoms with E-state index < -0.39 is 0 Å². The van der Waals surface area contributed by atoms with Gasteiger partial charge in [0.05, 0.1) is 0 Å². The zero-order chi connectivity index (χ0) is 9.97. The lowest BCUT2D eigenvalue weighted by Crippen LogP contribution is -2.13. The van der Waals surface area contributed by atoms with E-state index in [-0.39, 0.29) is 6.04 Å². The van der Waals surface area contributed by atoms with Gasteiger partial charge in [0, 0.05) is 18.3 Å². The zero-order valence-electron chi connectivity index (χ0n) is 8.29. The number of fused-ring (bicyclic) bond motifs is 1. The molecule has 1 aromatic rings. The average Bonchev–Trinajstić information content (AvgIpc) is 2.27. The second-order valence-electron chi connectivity index (χ2n) is 3.71. The maximum Gasteiger partial charge on any atom is 0.0478 e. The molecule has 1 aliphatic heterocycles. The lowest BCUT2D eigenvalue weighted by atomic mass is 9.98. The topological polar surface area (TPSA) is 38.0 Å². The second kappa shape index (κ2) is 3.84. The molecule has 1 heterocycles. The molecule has 0 bridgehead atoms. The van der Waals surface area contributed by atoms with E-state index in [1.54, 1.807) is 6.08 Å². The monoisotopic (exact) mass is 188 g/mol. The zero-order valence-corrected chi connectivity index (χ0v) is 8.29. The van der Waals surface area contributed by atoms with Crippen molar-refractivity contribution < 1.29 is 0 Å². The minimum Gasteiger partial charge on any atom is -0.385 e. The molecule has 1 aromatic carbocycles. The number of benzene rings is 1. The first-order chi connectivity index (χ1) is 6.81. The van der Waals surface area contributed by atoms with Crippen molar-refractivity contribution in [2.45, 2.75) is 18.9 Å². The lowest BCUT2D eigenvalue weighted by Gasteiger charge is -2.19. The Hall–Kier alpha value is -1.28. The van der Waals surface area contributed by atoms with Crippen LogP contribution in [0.3, 0.4) is 0 Å². The predicted octanol–water partition coefficient (Wildman–Crippen LogP) is 2.23. The molecule has 0 fully saturated rings. The summed E-state index contributed by atoms with van der Waals surface area (Å²) in [7, 11) is 0. The van der Waals surface area contributed by atoms with Crippen molar-refractivity contribution in [3.05, 3.63) is 42.0 Å². The summed E-state index contributed by atoms with van der Waals surface area (Å²) in [5.74, 6) is 0. The molecule has 1 atom stereocenters. The summed E-state index contributed by atoms with van der Waals surface area (Å²) in [5, 5.41) is 3.38. The van der Waals surface area contributed by atoms with Crippen LogP contribution < -0.4 is 11.1 Å². The van der Waals surface area contributed by atoms with Gasteiger partial charge < -0.3 is 11.1 Å². The normalized spacial score (nSPS) is 16.6. The third-order valence-electron chi connectivity index (χ3n) is 2.71. The summed E-state index contributed by atoms with van der Waals surface area (Å²) in [6, 6.07) is 6.34. The molecule has 74 valence electrons. The van der Waals surface area contributed by atoms with Gasteiger partial charge >= 0.3 is 0 Å². The Balaban J connectivity index is 2.33. The van der Waals surface area contributed by atoms with E-state index in [4.69, 9.17) is 5.73 Å². The maximum atomic E-state index is 5.89. The second-order valence-corrected chi connectivity index (χ2v) is 3.71. The van der Waals surface area contributed by atoms with Crippen molar-refractivity contribution in [3.63, 3.8) is 0 Å². The third kappa shape index (κ3) is 1.66. The van der Waals surface area contributed by atoms with E-state index in [0.717, 1.165) is 18.5 Å². The van der Waals surface area contributed by atoms with Gasteiger partial charge in [-0.3, -0.25) is 0 Å². The SMILES string of the molecule is C=CC(N)c1ccc2c(c1)CCCN2. The molecular formula is C12H16N2. The van der Waals surface area contributed by atoms with Crippen LogP contribution in [-0.2, 0) is 6.42 Å². The van der Waals surface area contributed by atoms with Gasteiger partial charge in [-0.15, -0.1) is 6.58 Å². The van der Waals surface area contributed by atoms with Crippen molar-refractivity contribution in [3.8, 4) is 0 Å². The van der Waals surface area contributed by atoms with E-state index in [0.29, 0.717) is 0 Å². The van der Waals surface area contributed by atoms with Gasteiger partial charge in [0.2, 0.25) is 0 Å². The number of anilines is 1. The van der Waals surface area contributed by atoms with Gasteiger partial charge in [0.15, 0.2) is 0 Å². The molecule has 2 rings (SSSR count). The molecule has 0 aromatic heterocycles. The highest BCUT2D eigenvalue weighted by Gasteiger charge is 2.10. The molecule has 1 unspecified atom stereocenters. The Morgan fingerprint density at radius 3 is 3.14 bits per heavy atom. The lowest BCUT2D eigenvalue weighted by molar-refractivity contribution is 0.821. The van der Waals surface area contributed by atoms with Crippen molar-refractivity contribution >= 4 is 5.69 Å². The molecule has 0 saturated heterocycles. The summed E-state index contributed by atoms with van der Waals surface area (Å²) in [6.45, 7) is 4.79. The highest BCUT2D eigenvalue weighted by atomic mass is 14.9. The molecule has 3 N–H and O–H groups in total. The molecular weight excluding hydrogens is 172 g/mol. The molecule has 2 nitrogen and oxygen atoms in total. The first-order valence-corrected chi connectivity index (χ1v) is 5.06. The van der Waals surface area contributed by atoms with E-state index in [9.17, 15) is 0 Å². The van der Waals surface area contributed by atoms with Crippen LogP contribution in [0.1, 0.15) is 23.6 Å². The van der Waals surface area contributed by atoms with Crippen molar-refractivity contribution in [1.82, 2.24) is 0 Å². The molecule has 0 aliphatic carbocycles. The van der Waals surface area contributed by atoms with Crippen LogP contribution in [0.4, 0.5) is 5.69 Å². The average molecular weight is 188 g/mol. The summed E-state index contributed by atoms with van der Waals surface area (Å²) >= 11 is 0. The van der Waals surface area contributed by atoms with Crippen LogP contribution in [0.2, 0.25) is 0 Å². The van der Waals surface area contributed by atoms with E-state index in [2.05, 4.69) is 30.1 Å². The Morgan fingerprint density at radius 1 is 1.50 bits per heavy atom. The van der Waals surface area contributed by atoms with Gasteiger partial charge in [-0.1, -0.05) is 18.2 Å². The third-order valence-corrected chi connectivity index (χ3v) is 2.71. The van der Waals surface area contributed by atoms with Crippen molar-refractivity contribution in [2.75, 3.05) is 11.9 Å². The van der Waals surface area contributed by atoms with Crippen LogP contribution in [0.25, 0.3) is 0 Å². The summed E-state index contributed by atoms with van der Waals surface area (Å²) in [4.78, 5) is 0. The van der Waals surface area contributed by atoms with Crippen LogP contribution in [0.15, 0.2) is 30.9 Å². The van der Waals surface area contributed by atoms with Crippen LogP contribution in [0, 0.1) is 0 Å². The highest BCUT2D eigenvalue weighted by Crippen LogP contribution is 2.25. The fourth-order valence-corrected chi connectivity index (χ4v) is 1.84. The Labute approximate surface area is 84.8 Å². The molecule has 2 heteroatoms. The van der Waals surface area contributed by atoms with E-state index in [1.807, 2.05) is 0 Å². The van der Waals surface area contributed by atoms with Gasteiger partial charge in [0.25, 0.3) is 0 Å². The van der Waals surface area contributed by atoms with E-state index >= 15 is 0 Å². The largest absolute Gasteiger partial charge is 0.385 e. The standard InChI is InChI=1S/C12H16N2/c1-2-11(13)9-5-6-12-10(8-9)4-3-7-14-12/h2,5-6,8,11,14H,1,3-4,7,13H2. The number of hydrogen-bond acceptors (Lipinski definition) is 2. The minimum atomic E-state index is -0.0396. The van der Waals surface area contributed by atoms with Gasteiger partial charge in [-0.25, -0.2) is 0 Å². The Kier molecular flexibility index (Phi) is 2.55. The van der Waals surface area contributed by atoms with Gasteiger partial charge in [0.1, 0.15) is 0 Å². The number of rotatable bonds is 2. The fraction of sp³-hybridized carbons (Fsp3) is 0.333. The number of hydrogen-bond donors (Lipinski definition) is 2. The first kappa shape index (κ1) is 9.28. The van der Waals surface area contributed by atoms with Gasteiger partial charge in [-0.2, -0.15) is 0 Å². The fourth-order valence-electron chi connectivity index (χ4n) is 1.84. The maximum absolute atomic E-state index is 5.89. The van der Waals surface area contributed by atoms with E-state index in [1.165, 1.54) is 17.7 Å². The number of nitrogens with one attached hydrogen (secondary N) is 1. The molecule has 0 radical (unpaired) electrons. The van der Waals surface area contributed by atoms with Crippen LogP contribution in [-0.4, -0.2) is 6.54 Å². The Bertz CT molecular complexity index is 344. The van der Waals surface area contributed by atoms with Crippen molar-refractivity contribution in [1.29, 1.82) is 0 Å². The van der Waals surface area contributed by atoms with Crippen LogP contribution >= 0.6 is 0 Å². The Morgan fingerprint density at radius 2 is 2.36 bits per heavy atom. The minimum absolute atomic E-state index is 0.0396. The van der Waals surface area contributed by atoms with Crippen molar-refractivity contribution in [2.24, 2.45) is 5.73 Å². The first-order valence-electron chi connectivity index (χ1n) is 5.06. The van der Waals surface area contributed by atoms with Gasteiger partial charge in [-0.05, 0) is 30.0 Å². The summed E-state index contributed by atoms with van der Waals surface area (Å²) in [5.41, 5.74) is 9.69. The number of aryl methyl sites for hydroxylation is 1. The molecule has 0 spiro atoms. The quantitative estimate of drug-likeness (QED) is 0.698. The summed E-state index contributed by atoms with van der Waals surface area (Å²) in [6.07, 6.45) is 4.14. The molecule has 0 saturated carbocycles. The van der Waals surface area contributed by atoms with Crippen LogP contribution in [0.5, 0.6) is 0 Å². The molecule has 0 amide bonds. The summed E-state index contributed by atoms with van der Waals surface area (Å²) < 4.78 is 0. The smallest absolute Gasteiger partial charge is 0.0478 e. The molecule has 1 aliphatic rings. The molecule has 14 heavy (non-hydrogen) atoms. The highest BCUT2D eigenvalue weighted by molar-refractivity contribution is 5.54.